The number of rotatable bonds is 3. The van der Waals surface area contributed by atoms with Gasteiger partial charge in [0.2, 0.25) is 0 Å². The van der Waals surface area contributed by atoms with Crippen LogP contribution in [-0.4, -0.2) is 6.73 Å². The van der Waals surface area contributed by atoms with Gasteiger partial charge >= 0.3 is 0 Å². The largest absolute Gasteiger partial charge is 0.306 e. The molecule has 0 aromatic rings. The molecule has 0 spiro atoms. The van der Waals surface area contributed by atoms with Crippen molar-refractivity contribution in [1.82, 2.24) is 0 Å². The van der Waals surface area contributed by atoms with Gasteiger partial charge in [0.05, 0.1) is 0 Å². The Labute approximate surface area is 34.6 Å². The van der Waals surface area contributed by atoms with Crippen molar-refractivity contribution >= 4 is 0 Å². The van der Waals surface area contributed by atoms with Crippen molar-refractivity contribution < 1.29 is 14.9 Å². The van der Waals surface area contributed by atoms with Crippen LogP contribution < -0.4 is 11.6 Å². The Balaban J connectivity index is 2.34. The van der Waals surface area contributed by atoms with E-state index in [0.717, 1.165) is 0 Å². The lowest BCUT2D eigenvalue weighted by Crippen LogP contribution is -2.08. The van der Waals surface area contributed by atoms with Gasteiger partial charge in [0.15, 0.2) is 0 Å². The molecular formula is CH6N2O3. The van der Waals surface area contributed by atoms with Crippen LogP contribution in [0.1, 0.15) is 0 Å². The van der Waals surface area contributed by atoms with Crippen LogP contribution in [-0.2, 0) is 14.9 Å². The molecule has 0 atom stereocenters. The molecule has 0 saturated carbocycles. The summed E-state index contributed by atoms with van der Waals surface area (Å²) in [5, 5.41) is 3.64. The van der Waals surface area contributed by atoms with Crippen LogP contribution in [0.4, 0.5) is 0 Å². The Morgan fingerprint density at radius 3 is 2.33 bits per heavy atom. The lowest BCUT2D eigenvalue weighted by Gasteiger charge is -1.89. The van der Waals surface area contributed by atoms with Crippen molar-refractivity contribution in [1.29, 1.82) is 0 Å². The monoisotopic (exact) mass is 94.0 g/mol. The highest BCUT2D eigenvalue weighted by Gasteiger charge is 1.72. The molecule has 38 valence electrons. The smallest absolute Gasteiger partial charge is 0.133 e. The summed E-state index contributed by atoms with van der Waals surface area (Å²) in [7, 11) is 0. The molecule has 0 rings (SSSR count). The van der Waals surface area contributed by atoms with Gasteiger partial charge in [-0.05, 0) is 5.04 Å². The maximum Gasteiger partial charge on any atom is 0.133 e. The van der Waals surface area contributed by atoms with E-state index >= 15 is 0 Å². The molecule has 0 amide bonds. The van der Waals surface area contributed by atoms with Crippen molar-refractivity contribution in [2.75, 3.05) is 6.73 Å². The van der Waals surface area contributed by atoms with Crippen LogP contribution in [0.3, 0.4) is 0 Å². The van der Waals surface area contributed by atoms with Gasteiger partial charge in [-0.2, -0.15) is 10.8 Å². The SMILES string of the molecule is NCOOON. The summed E-state index contributed by atoms with van der Waals surface area (Å²) in [4.78, 5) is 7.39. The van der Waals surface area contributed by atoms with Gasteiger partial charge in [-0.25, -0.2) is 0 Å². The topological polar surface area (TPSA) is 79.7 Å². The van der Waals surface area contributed by atoms with E-state index < -0.39 is 0 Å². The number of hydrogen-bond acceptors (Lipinski definition) is 5. The molecule has 0 aromatic carbocycles. The molecule has 0 aliphatic carbocycles. The summed E-state index contributed by atoms with van der Waals surface area (Å²) >= 11 is 0. The lowest BCUT2D eigenvalue weighted by atomic mass is 11.4. The van der Waals surface area contributed by atoms with Gasteiger partial charge in [0.25, 0.3) is 0 Å². The molecule has 6 heavy (non-hydrogen) atoms. The Kier molecular flexibility index (Phi) is 4.64. The minimum Gasteiger partial charge on any atom is -0.306 e. The summed E-state index contributed by atoms with van der Waals surface area (Å²) in [6.45, 7) is -0.0722. The highest BCUT2D eigenvalue weighted by Crippen LogP contribution is 1.65. The highest BCUT2D eigenvalue weighted by molar-refractivity contribution is 3.83. The normalized spacial score (nSPS) is 9.00. The molecule has 0 saturated heterocycles. The van der Waals surface area contributed by atoms with E-state index in [9.17, 15) is 0 Å². The Morgan fingerprint density at radius 2 is 2.17 bits per heavy atom. The molecule has 5 nitrogen and oxygen atoms in total. The molecule has 4 N–H and O–H groups in total. The molecule has 0 heterocycles. The second kappa shape index (κ2) is 4.80. The summed E-state index contributed by atoms with van der Waals surface area (Å²) in [5.41, 5.74) is 4.73. The molecule has 0 bridgehead atoms. The fourth-order valence-corrected chi connectivity index (χ4v) is 0.0556. The van der Waals surface area contributed by atoms with E-state index in [-0.39, 0.29) is 6.73 Å². The Morgan fingerprint density at radius 1 is 1.50 bits per heavy atom. The van der Waals surface area contributed by atoms with Crippen molar-refractivity contribution in [2.24, 2.45) is 11.6 Å². The van der Waals surface area contributed by atoms with Crippen LogP contribution >= 0.6 is 0 Å². The number of nitrogens with two attached hydrogens (primary N) is 2. The summed E-state index contributed by atoms with van der Waals surface area (Å²) in [6, 6.07) is 0. The lowest BCUT2D eigenvalue weighted by molar-refractivity contribution is -0.515. The molecule has 0 fully saturated rings. The summed E-state index contributed by atoms with van der Waals surface area (Å²) in [5.74, 6) is 4.31. The molecule has 5 heteroatoms. The van der Waals surface area contributed by atoms with Gasteiger partial charge in [-0.15, -0.1) is 4.99 Å². The van der Waals surface area contributed by atoms with E-state index in [0.29, 0.717) is 0 Å². The first-order valence-corrected chi connectivity index (χ1v) is 1.27. The van der Waals surface area contributed by atoms with Crippen molar-refractivity contribution in [2.45, 2.75) is 0 Å². The highest BCUT2D eigenvalue weighted by atomic mass is 17.5. The van der Waals surface area contributed by atoms with Gasteiger partial charge < -0.3 is 5.73 Å². The molecule has 0 aliphatic rings. The maximum absolute atomic E-state index is 4.73. The third-order valence-corrected chi connectivity index (χ3v) is 0.155. The van der Waals surface area contributed by atoms with Gasteiger partial charge in [-0.1, -0.05) is 0 Å². The molecule has 0 aromatic heterocycles. The minimum absolute atomic E-state index is 0.0722. The second-order valence-electron chi connectivity index (χ2n) is 0.449. The zero-order chi connectivity index (χ0) is 4.83. The van der Waals surface area contributed by atoms with E-state index in [1.807, 2.05) is 0 Å². The van der Waals surface area contributed by atoms with E-state index in [1.165, 1.54) is 0 Å². The first kappa shape index (κ1) is 5.80. The standard InChI is InChI=1S/CH6N2O3/c2-1-4-6-5-3/h1-3H2. The van der Waals surface area contributed by atoms with Gasteiger partial charge in [0, 0.05) is 0 Å². The van der Waals surface area contributed by atoms with Gasteiger partial charge in [0.1, 0.15) is 6.73 Å². The third kappa shape index (κ3) is 3.80. The second-order valence-corrected chi connectivity index (χ2v) is 0.449. The molecule has 0 radical (unpaired) electrons. The summed E-state index contributed by atoms with van der Waals surface area (Å²) < 4.78 is 0. The first-order chi connectivity index (χ1) is 2.91. The van der Waals surface area contributed by atoms with Crippen molar-refractivity contribution in [3.8, 4) is 0 Å². The van der Waals surface area contributed by atoms with E-state index in [2.05, 4.69) is 20.8 Å². The average molecular weight is 94.1 g/mol. The first-order valence-electron chi connectivity index (χ1n) is 1.27. The van der Waals surface area contributed by atoms with Crippen LogP contribution in [0.2, 0.25) is 0 Å². The molecule has 0 aliphatic heterocycles. The van der Waals surface area contributed by atoms with Crippen LogP contribution in [0.5, 0.6) is 0 Å². The predicted molar refractivity (Wildman–Crippen MR) is 16.5 cm³/mol. The van der Waals surface area contributed by atoms with Crippen LogP contribution in [0.15, 0.2) is 0 Å². The fraction of sp³-hybridized carbons (Fsp3) is 1.00. The Hall–Kier alpha value is -0.200. The molecule has 0 unspecified atom stereocenters. The van der Waals surface area contributed by atoms with Crippen molar-refractivity contribution in [3.63, 3.8) is 0 Å². The fourth-order valence-electron chi connectivity index (χ4n) is 0.0556. The van der Waals surface area contributed by atoms with E-state index in [4.69, 9.17) is 5.73 Å². The predicted octanol–water partition coefficient (Wildman–Crippen LogP) is -1.34. The minimum atomic E-state index is -0.0722. The van der Waals surface area contributed by atoms with Gasteiger partial charge in [-0.3, -0.25) is 0 Å². The quantitative estimate of drug-likeness (QED) is 0.196. The third-order valence-electron chi connectivity index (χ3n) is 0.155. The van der Waals surface area contributed by atoms with Crippen LogP contribution in [0.25, 0.3) is 0 Å². The Bertz CT molecular complexity index is 20.8. The zero-order valence-corrected chi connectivity index (χ0v) is 3.09. The van der Waals surface area contributed by atoms with E-state index in [1.54, 1.807) is 0 Å². The zero-order valence-electron chi connectivity index (χ0n) is 3.09. The number of hydrogen-bond donors (Lipinski definition) is 2. The average Bonchev–Trinajstić information content (AvgIpc) is 1.61. The molecular weight excluding hydrogens is 88.0 g/mol. The maximum atomic E-state index is 4.73. The van der Waals surface area contributed by atoms with Crippen LogP contribution in [0, 0.1) is 0 Å². The summed E-state index contributed by atoms with van der Waals surface area (Å²) in [6.07, 6.45) is 0. The van der Waals surface area contributed by atoms with Crippen molar-refractivity contribution in [3.05, 3.63) is 0 Å².